The van der Waals surface area contributed by atoms with Gasteiger partial charge < -0.3 is 10.5 Å². The fraction of sp³-hybridized carbons (Fsp3) is 0.286. The zero-order valence-corrected chi connectivity index (χ0v) is 11.5. The lowest BCUT2D eigenvalue weighted by Gasteiger charge is -2.21. The van der Waals surface area contributed by atoms with Crippen molar-refractivity contribution in [3.05, 3.63) is 35.9 Å². The number of aromatic nitrogens is 1. The predicted molar refractivity (Wildman–Crippen MR) is 78.0 cm³/mol. The molecule has 94 valence electrons. The molecule has 1 aromatic carbocycles. The van der Waals surface area contributed by atoms with E-state index in [1.165, 1.54) is 0 Å². The molecule has 3 nitrogen and oxygen atoms in total. The van der Waals surface area contributed by atoms with Gasteiger partial charge in [-0.05, 0) is 26.8 Å². The Morgan fingerprint density at radius 2 is 1.94 bits per heavy atom. The number of nitrogens with two attached hydrogens (primary N) is 1. The van der Waals surface area contributed by atoms with Crippen molar-refractivity contribution in [3.8, 4) is 5.88 Å². The average Bonchev–Trinajstić information content (AvgIpc) is 2.25. The number of hydrogen-bond donors (Lipinski definition) is 1. The Hall–Kier alpha value is -1.68. The molecule has 2 N–H and O–H groups in total. The van der Waals surface area contributed by atoms with E-state index in [4.69, 9.17) is 22.7 Å². The van der Waals surface area contributed by atoms with E-state index >= 15 is 0 Å². The average molecular weight is 260 g/mol. The Labute approximate surface area is 112 Å². The molecule has 0 aliphatic carbocycles. The molecule has 0 spiro atoms. The molecule has 0 amide bonds. The van der Waals surface area contributed by atoms with E-state index in [1.54, 1.807) is 6.07 Å². The maximum absolute atomic E-state index is 5.77. The number of hydrogen-bond acceptors (Lipinski definition) is 3. The van der Waals surface area contributed by atoms with Gasteiger partial charge in [0.05, 0.1) is 5.52 Å². The first kappa shape index (κ1) is 12.8. The van der Waals surface area contributed by atoms with Crippen LogP contribution in [0.5, 0.6) is 5.88 Å². The van der Waals surface area contributed by atoms with E-state index in [0.717, 1.165) is 16.5 Å². The highest BCUT2D eigenvalue weighted by Gasteiger charge is 2.15. The minimum atomic E-state index is -0.303. The van der Waals surface area contributed by atoms with Gasteiger partial charge in [0.25, 0.3) is 0 Å². The lowest BCUT2D eigenvalue weighted by atomic mass is 10.1. The molecule has 0 fully saturated rings. The van der Waals surface area contributed by atoms with Crippen LogP contribution < -0.4 is 10.5 Å². The standard InChI is InChI=1S/C14H16N2OS/c1-14(2,3)17-12-8-10(13(15)18)9-6-4-5-7-11(9)16-12/h4-8H,1-3H3,(H2,15,18). The van der Waals surface area contributed by atoms with Crippen molar-refractivity contribution in [2.24, 2.45) is 5.73 Å². The summed E-state index contributed by atoms with van der Waals surface area (Å²) in [6, 6.07) is 9.55. The molecule has 2 rings (SSSR count). The van der Waals surface area contributed by atoms with Crippen molar-refractivity contribution in [2.45, 2.75) is 26.4 Å². The van der Waals surface area contributed by atoms with Crippen LogP contribution in [0.3, 0.4) is 0 Å². The zero-order valence-electron chi connectivity index (χ0n) is 10.7. The molecule has 0 radical (unpaired) electrons. The molecular weight excluding hydrogens is 244 g/mol. The van der Waals surface area contributed by atoms with E-state index < -0.39 is 0 Å². The van der Waals surface area contributed by atoms with E-state index in [1.807, 2.05) is 45.0 Å². The molecule has 0 saturated carbocycles. The smallest absolute Gasteiger partial charge is 0.215 e. The highest BCUT2D eigenvalue weighted by molar-refractivity contribution is 7.80. The summed E-state index contributed by atoms with van der Waals surface area (Å²) >= 11 is 5.08. The molecule has 2 aromatic rings. The third-order valence-electron chi connectivity index (χ3n) is 2.37. The predicted octanol–water partition coefficient (Wildman–Crippen LogP) is 3.05. The summed E-state index contributed by atoms with van der Waals surface area (Å²) in [6.45, 7) is 5.93. The first-order chi connectivity index (χ1) is 8.37. The van der Waals surface area contributed by atoms with Gasteiger partial charge in [-0.1, -0.05) is 30.4 Å². The molecule has 0 aliphatic heterocycles. The monoisotopic (exact) mass is 260 g/mol. The second-order valence-corrected chi connectivity index (χ2v) is 5.54. The van der Waals surface area contributed by atoms with Crippen LogP contribution in [0.1, 0.15) is 26.3 Å². The molecule has 18 heavy (non-hydrogen) atoms. The van der Waals surface area contributed by atoms with E-state index in [0.29, 0.717) is 10.9 Å². The van der Waals surface area contributed by atoms with Crippen LogP contribution in [0.15, 0.2) is 30.3 Å². The minimum absolute atomic E-state index is 0.303. The lowest BCUT2D eigenvalue weighted by molar-refractivity contribution is 0.124. The van der Waals surface area contributed by atoms with Gasteiger partial charge in [-0.2, -0.15) is 0 Å². The minimum Gasteiger partial charge on any atom is -0.472 e. The number of benzene rings is 1. The van der Waals surface area contributed by atoms with Crippen LogP contribution >= 0.6 is 12.2 Å². The molecule has 0 bridgehead atoms. The van der Waals surface area contributed by atoms with E-state index in [2.05, 4.69) is 4.98 Å². The van der Waals surface area contributed by atoms with Crippen LogP contribution in [0.4, 0.5) is 0 Å². The summed E-state index contributed by atoms with van der Waals surface area (Å²) in [4.78, 5) is 4.82. The summed E-state index contributed by atoms with van der Waals surface area (Å²) in [6.07, 6.45) is 0. The Balaban J connectivity index is 2.61. The number of nitrogens with zero attached hydrogens (tertiary/aromatic N) is 1. The summed E-state index contributed by atoms with van der Waals surface area (Å²) < 4.78 is 5.77. The maximum atomic E-state index is 5.77. The summed E-state index contributed by atoms with van der Waals surface area (Å²) in [5.74, 6) is 0.545. The van der Waals surface area contributed by atoms with Crippen LogP contribution in [0.25, 0.3) is 10.9 Å². The molecule has 1 heterocycles. The highest BCUT2D eigenvalue weighted by atomic mass is 32.1. The van der Waals surface area contributed by atoms with Crippen LogP contribution in [0, 0.1) is 0 Å². The first-order valence-electron chi connectivity index (χ1n) is 5.75. The van der Waals surface area contributed by atoms with Gasteiger partial charge in [0.1, 0.15) is 10.6 Å². The Kier molecular flexibility index (Phi) is 3.22. The van der Waals surface area contributed by atoms with Crippen molar-refractivity contribution in [1.82, 2.24) is 4.98 Å². The van der Waals surface area contributed by atoms with Gasteiger partial charge in [-0.25, -0.2) is 4.98 Å². The molecule has 0 aliphatic rings. The van der Waals surface area contributed by atoms with E-state index in [9.17, 15) is 0 Å². The topological polar surface area (TPSA) is 48.1 Å². The number of para-hydroxylation sites is 1. The molecular formula is C14H16N2OS. The number of rotatable bonds is 2. The fourth-order valence-corrected chi connectivity index (χ4v) is 1.89. The zero-order chi connectivity index (χ0) is 13.3. The quantitative estimate of drug-likeness (QED) is 0.843. The van der Waals surface area contributed by atoms with Crippen molar-refractivity contribution >= 4 is 28.1 Å². The molecule has 0 atom stereocenters. The fourth-order valence-electron chi connectivity index (χ4n) is 1.72. The highest BCUT2D eigenvalue weighted by Crippen LogP contribution is 2.24. The Morgan fingerprint density at radius 1 is 1.28 bits per heavy atom. The largest absolute Gasteiger partial charge is 0.472 e. The SMILES string of the molecule is CC(C)(C)Oc1cc(C(N)=S)c2ccccc2n1. The van der Waals surface area contributed by atoms with Gasteiger partial charge in [-0.15, -0.1) is 0 Å². The summed E-state index contributed by atoms with van der Waals surface area (Å²) in [7, 11) is 0. The normalized spacial score (nSPS) is 11.5. The first-order valence-corrected chi connectivity index (χ1v) is 6.16. The second kappa shape index (κ2) is 4.53. The number of thiocarbonyl (C=S) groups is 1. The van der Waals surface area contributed by atoms with Crippen LogP contribution in [-0.4, -0.2) is 15.6 Å². The third-order valence-corrected chi connectivity index (χ3v) is 2.59. The molecule has 4 heteroatoms. The van der Waals surface area contributed by atoms with Crippen LogP contribution in [-0.2, 0) is 0 Å². The van der Waals surface area contributed by atoms with Crippen molar-refractivity contribution in [2.75, 3.05) is 0 Å². The molecule has 0 unspecified atom stereocenters. The van der Waals surface area contributed by atoms with Gasteiger partial charge in [-0.3, -0.25) is 0 Å². The van der Waals surface area contributed by atoms with Gasteiger partial charge in [0.2, 0.25) is 5.88 Å². The van der Waals surface area contributed by atoms with Crippen molar-refractivity contribution in [3.63, 3.8) is 0 Å². The van der Waals surface area contributed by atoms with E-state index in [-0.39, 0.29) is 5.60 Å². The maximum Gasteiger partial charge on any atom is 0.215 e. The number of ether oxygens (including phenoxy) is 1. The molecule has 1 aromatic heterocycles. The summed E-state index contributed by atoms with van der Waals surface area (Å²) in [5, 5.41) is 0.950. The van der Waals surface area contributed by atoms with Crippen molar-refractivity contribution in [1.29, 1.82) is 0 Å². The molecule has 0 saturated heterocycles. The van der Waals surface area contributed by atoms with Gasteiger partial charge >= 0.3 is 0 Å². The summed E-state index contributed by atoms with van der Waals surface area (Å²) in [5.41, 5.74) is 7.09. The van der Waals surface area contributed by atoms with Crippen molar-refractivity contribution < 1.29 is 4.74 Å². The van der Waals surface area contributed by atoms with Gasteiger partial charge in [0, 0.05) is 17.0 Å². The second-order valence-electron chi connectivity index (χ2n) is 5.10. The lowest BCUT2D eigenvalue weighted by Crippen LogP contribution is -2.24. The number of fused-ring (bicyclic) bond motifs is 1. The number of pyridine rings is 1. The van der Waals surface area contributed by atoms with Crippen LogP contribution in [0.2, 0.25) is 0 Å². The Bertz CT molecular complexity index is 602. The van der Waals surface area contributed by atoms with Gasteiger partial charge in [0.15, 0.2) is 0 Å². The third kappa shape index (κ3) is 2.76. The Morgan fingerprint density at radius 3 is 2.56 bits per heavy atom.